The van der Waals surface area contributed by atoms with Gasteiger partial charge in [-0.15, -0.1) is 5.10 Å². The second-order valence-electron chi connectivity index (χ2n) is 13.3. The lowest BCUT2D eigenvalue weighted by Gasteiger charge is -2.32. The first kappa shape index (κ1) is 30.6. The van der Waals surface area contributed by atoms with Crippen LogP contribution in [-0.2, 0) is 27.3 Å². The van der Waals surface area contributed by atoms with Gasteiger partial charge in [-0.3, -0.25) is 9.59 Å². The predicted molar refractivity (Wildman–Crippen MR) is 145 cm³/mol. The lowest BCUT2D eigenvalue weighted by atomic mass is 9.84. The highest BCUT2D eigenvalue weighted by Gasteiger charge is 2.32. The molecule has 7 nitrogen and oxygen atoms in total. The van der Waals surface area contributed by atoms with Crippen LogP contribution in [0.3, 0.4) is 0 Å². The van der Waals surface area contributed by atoms with E-state index in [1.807, 2.05) is 46.2 Å². The fraction of sp³-hybridized carbons (Fsp3) is 0.862. The Morgan fingerprint density at radius 2 is 1.75 bits per heavy atom. The van der Waals surface area contributed by atoms with Crippen LogP contribution in [0.25, 0.3) is 0 Å². The highest BCUT2D eigenvalue weighted by Crippen LogP contribution is 2.31. The van der Waals surface area contributed by atoms with Gasteiger partial charge in [0, 0.05) is 22.9 Å². The van der Waals surface area contributed by atoms with Gasteiger partial charge in [-0.1, -0.05) is 59.6 Å². The molecule has 36 heavy (non-hydrogen) atoms. The maximum absolute atomic E-state index is 13.0. The van der Waals surface area contributed by atoms with E-state index in [2.05, 4.69) is 36.4 Å². The van der Waals surface area contributed by atoms with Crippen LogP contribution in [-0.4, -0.2) is 44.7 Å². The van der Waals surface area contributed by atoms with E-state index in [0.29, 0.717) is 0 Å². The van der Waals surface area contributed by atoms with Gasteiger partial charge in [0.15, 0.2) is 11.6 Å². The predicted octanol–water partition coefficient (Wildman–Crippen LogP) is 6.00. The highest BCUT2D eigenvalue weighted by molar-refractivity contribution is 5.88. The number of ketones is 2. The van der Waals surface area contributed by atoms with Crippen LogP contribution < -0.4 is 5.32 Å². The van der Waals surface area contributed by atoms with Crippen molar-refractivity contribution in [3.63, 3.8) is 0 Å². The SMILES string of the molecule is CCC(C)(C)C(=O)COC1CCCCCc2c1nnn2CCCC[C@@H](NC(C)(C)C)C(=O)C(C)(C)C. The second-order valence-corrected chi connectivity index (χ2v) is 13.3. The molecule has 0 saturated heterocycles. The number of Topliss-reactive ketones (excluding diaryl/α,β-unsaturated/α-hetero) is 2. The molecule has 1 aromatic rings. The van der Waals surface area contributed by atoms with Gasteiger partial charge in [-0.25, -0.2) is 4.68 Å². The molecule has 1 unspecified atom stereocenters. The Hall–Kier alpha value is -1.60. The van der Waals surface area contributed by atoms with Crippen molar-refractivity contribution >= 4 is 11.6 Å². The van der Waals surface area contributed by atoms with Crippen LogP contribution in [0.15, 0.2) is 0 Å². The fourth-order valence-electron chi connectivity index (χ4n) is 4.62. The summed E-state index contributed by atoms with van der Waals surface area (Å²) < 4.78 is 8.19. The number of aryl methyl sites for hydroxylation is 1. The van der Waals surface area contributed by atoms with Gasteiger partial charge in [0.05, 0.1) is 11.7 Å². The third-order valence-corrected chi connectivity index (χ3v) is 7.38. The van der Waals surface area contributed by atoms with Crippen molar-refractivity contribution in [2.75, 3.05) is 6.61 Å². The van der Waals surface area contributed by atoms with Gasteiger partial charge in [-0.2, -0.15) is 0 Å². The van der Waals surface area contributed by atoms with Crippen molar-refractivity contribution in [1.82, 2.24) is 20.3 Å². The molecule has 0 fully saturated rings. The second kappa shape index (κ2) is 12.8. The summed E-state index contributed by atoms with van der Waals surface area (Å²) in [7, 11) is 0. The van der Waals surface area contributed by atoms with Gasteiger partial charge in [-0.05, 0) is 65.7 Å². The maximum Gasteiger partial charge on any atom is 0.164 e. The van der Waals surface area contributed by atoms with Crippen LogP contribution in [0.4, 0.5) is 0 Å². The lowest BCUT2D eigenvalue weighted by molar-refractivity contribution is -0.134. The van der Waals surface area contributed by atoms with E-state index in [1.54, 1.807) is 0 Å². The zero-order valence-electron chi connectivity index (χ0n) is 24.5. The Bertz CT molecular complexity index is 861. The van der Waals surface area contributed by atoms with Crippen LogP contribution in [0.2, 0.25) is 0 Å². The molecule has 0 amide bonds. The Morgan fingerprint density at radius 3 is 2.36 bits per heavy atom. The third kappa shape index (κ3) is 9.05. The van der Waals surface area contributed by atoms with Gasteiger partial charge >= 0.3 is 0 Å². The fourth-order valence-corrected chi connectivity index (χ4v) is 4.62. The molecule has 0 aliphatic heterocycles. The monoisotopic (exact) mass is 504 g/mol. The Morgan fingerprint density at radius 1 is 1.06 bits per heavy atom. The molecule has 0 bridgehead atoms. The number of ether oxygens (including phenoxy) is 1. The molecule has 1 heterocycles. The molecular weight excluding hydrogens is 452 g/mol. The van der Waals surface area contributed by atoms with Gasteiger partial charge in [0.25, 0.3) is 0 Å². The third-order valence-electron chi connectivity index (χ3n) is 7.38. The molecule has 206 valence electrons. The van der Waals surface area contributed by atoms with Gasteiger partial charge in [0.2, 0.25) is 0 Å². The zero-order valence-corrected chi connectivity index (χ0v) is 24.5. The normalized spacial score (nSPS) is 18.3. The Kier molecular flexibility index (Phi) is 10.9. The number of rotatable bonds is 12. The molecule has 2 atom stereocenters. The van der Waals surface area contributed by atoms with Crippen molar-refractivity contribution in [2.24, 2.45) is 10.8 Å². The maximum atomic E-state index is 13.0. The molecule has 0 radical (unpaired) electrons. The van der Waals surface area contributed by atoms with Crippen molar-refractivity contribution in [1.29, 1.82) is 0 Å². The topological polar surface area (TPSA) is 86.1 Å². The number of carbonyl (C=O) groups is 2. The average molecular weight is 505 g/mol. The van der Waals surface area contributed by atoms with E-state index in [0.717, 1.165) is 75.7 Å². The van der Waals surface area contributed by atoms with Crippen LogP contribution >= 0.6 is 0 Å². The van der Waals surface area contributed by atoms with E-state index in [4.69, 9.17) is 4.74 Å². The Balaban J connectivity index is 2.03. The van der Waals surface area contributed by atoms with E-state index in [9.17, 15) is 9.59 Å². The summed E-state index contributed by atoms with van der Waals surface area (Å²) in [6.45, 7) is 19.2. The smallest absolute Gasteiger partial charge is 0.164 e. The van der Waals surface area contributed by atoms with Crippen LogP contribution in [0.1, 0.15) is 131 Å². The summed E-state index contributed by atoms with van der Waals surface area (Å²) in [5.41, 5.74) is 1.21. The first-order chi connectivity index (χ1) is 16.7. The molecular formula is C29H52N4O3. The minimum absolute atomic E-state index is 0.115. The summed E-state index contributed by atoms with van der Waals surface area (Å²) in [5, 5.41) is 12.6. The largest absolute Gasteiger partial charge is 0.364 e. The minimum Gasteiger partial charge on any atom is -0.364 e. The number of hydrogen-bond donors (Lipinski definition) is 1. The first-order valence-corrected chi connectivity index (χ1v) is 14.0. The summed E-state index contributed by atoms with van der Waals surface area (Å²) >= 11 is 0. The van der Waals surface area contributed by atoms with Crippen molar-refractivity contribution in [3.05, 3.63) is 11.4 Å². The minimum atomic E-state index is -0.368. The molecule has 1 aliphatic carbocycles. The molecule has 0 spiro atoms. The summed E-state index contributed by atoms with van der Waals surface area (Å²) in [6.07, 6.45) is 8.46. The Labute approximate surface area is 219 Å². The van der Waals surface area contributed by atoms with E-state index in [1.165, 1.54) is 0 Å². The van der Waals surface area contributed by atoms with Crippen LogP contribution in [0.5, 0.6) is 0 Å². The molecule has 0 aromatic carbocycles. The number of nitrogens with one attached hydrogen (secondary N) is 1. The number of unbranched alkanes of at least 4 members (excludes halogenated alkanes) is 1. The van der Waals surface area contributed by atoms with Crippen LogP contribution in [0, 0.1) is 10.8 Å². The van der Waals surface area contributed by atoms with Gasteiger partial charge < -0.3 is 10.1 Å². The summed E-state index contributed by atoms with van der Waals surface area (Å²) in [4.78, 5) is 25.7. The zero-order chi connectivity index (χ0) is 27.1. The van der Waals surface area contributed by atoms with Crippen molar-refractivity contribution in [2.45, 2.75) is 144 Å². The summed E-state index contributed by atoms with van der Waals surface area (Å²) in [6, 6.07) is -0.149. The number of hydrogen-bond acceptors (Lipinski definition) is 6. The van der Waals surface area contributed by atoms with Gasteiger partial charge in [0.1, 0.15) is 18.4 Å². The van der Waals surface area contributed by atoms with E-state index in [-0.39, 0.29) is 46.7 Å². The van der Waals surface area contributed by atoms with Crippen molar-refractivity contribution in [3.8, 4) is 0 Å². The molecule has 1 aromatic heterocycles. The molecule has 1 N–H and O–H groups in total. The van der Waals surface area contributed by atoms with E-state index >= 15 is 0 Å². The standard InChI is InChI=1S/C29H52N4O3/c1-10-29(8,9)24(34)20-36-23-18-13-11-12-17-22-25(23)31-32-33(22)19-15-14-16-21(30-28(5,6)7)26(35)27(2,3)4/h21,23,30H,10-20H2,1-9H3/t21-,23?/m1/s1. The van der Waals surface area contributed by atoms with E-state index < -0.39 is 0 Å². The number of fused-ring (bicyclic) bond motifs is 1. The molecule has 2 rings (SSSR count). The molecule has 1 aliphatic rings. The highest BCUT2D eigenvalue weighted by atomic mass is 16.5. The first-order valence-electron chi connectivity index (χ1n) is 14.0. The quantitative estimate of drug-likeness (QED) is 0.351. The summed E-state index contributed by atoms with van der Waals surface area (Å²) in [5.74, 6) is 0.410. The molecule has 0 saturated carbocycles. The van der Waals surface area contributed by atoms with Crippen molar-refractivity contribution < 1.29 is 14.3 Å². The number of nitrogens with zero attached hydrogens (tertiary/aromatic N) is 3. The number of carbonyl (C=O) groups excluding carboxylic acids is 2. The molecule has 7 heteroatoms. The average Bonchev–Trinajstić information content (AvgIpc) is 3.15. The lowest BCUT2D eigenvalue weighted by Crippen LogP contribution is -2.50. The number of aromatic nitrogens is 3.